The molecule has 1 atom stereocenters. The molecule has 0 saturated carbocycles. The highest BCUT2D eigenvalue weighted by Crippen LogP contribution is 2.31. The summed E-state index contributed by atoms with van der Waals surface area (Å²) in [4.78, 5) is 5.10. The molecule has 1 aliphatic rings. The van der Waals surface area contributed by atoms with Crippen LogP contribution in [0.25, 0.3) is 0 Å². The Balaban J connectivity index is 1.30. The molecule has 1 unspecified atom stereocenters. The van der Waals surface area contributed by atoms with E-state index >= 15 is 0 Å². The normalized spacial score (nSPS) is 17.7. The molecule has 0 bridgehead atoms. The van der Waals surface area contributed by atoms with E-state index in [0.717, 1.165) is 51.9 Å². The average molecular weight is 423 g/mol. The average Bonchev–Trinajstić information content (AvgIpc) is 2.82. The molecular formula is C28H42N2O. The molecule has 3 nitrogen and oxygen atoms in total. The maximum atomic E-state index is 11.1. The zero-order chi connectivity index (χ0) is 21.9. The maximum absolute atomic E-state index is 11.1. The Morgan fingerprint density at radius 3 is 2.26 bits per heavy atom. The molecule has 0 aliphatic carbocycles. The summed E-state index contributed by atoms with van der Waals surface area (Å²) in [5.41, 5.74) is 2.33. The van der Waals surface area contributed by atoms with Gasteiger partial charge in [-0.3, -0.25) is 4.90 Å². The van der Waals surface area contributed by atoms with Crippen molar-refractivity contribution in [1.82, 2.24) is 9.80 Å². The first kappa shape index (κ1) is 24.0. The topological polar surface area (TPSA) is 26.7 Å². The standard InChI is InChI=1S/C28H42N2O/c1-3-29(24-26-12-6-4-7-13-26)20-10-11-21-30-22-18-28(31,19-23-30)17-16-25(2)27-14-8-5-9-15-27/h4-9,12-15,25,31H,3,10-11,16-24H2,1-2H3. The smallest absolute Gasteiger partial charge is 0.0672 e. The highest BCUT2D eigenvalue weighted by atomic mass is 16.3. The third-order valence-electron chi connectivity index (χ3n) is 7.09. The number of likely N-dealkylation sites (tertiary alicyclic amines) is 1. The summed E-state index contributed by atoms with van der Waals surface area (Å²) in [6.45, 7) is 11.1. The van der Waals surface area contributed by atoms with Crippen molar-refractivity contribution in [2.75, 3.05) is 32.7 Å². The Morgan fingerprint density at radius 2 is 1.61 bits per heavy atom. The number of rotatable bonds is 12. The highest BCUT2D eigenvalue weighted by Gasteiger charge is 2.32. The summed E-state index contributed by atoms with van der Waals surface area (Å²) in [6.07, 6.45) is 6.31. The summed E-state index contributed by atoms with van der Waals surface area (Å²) in [5.74, 6) is 0.514. The van der Waals surface area contributed by atoms with Gasteiger partial charge < -0.3 is 10.0 Å². The van der Waals surface area contributed by atoms with Gasteiger partial charge in [0.15, 0.2) is 0 Å². The molecule has 3 heteroatoms. The van der Waals surface area contributed by atoms with Crippen LogP contribution in [-0.2, 0) is 6.54 Å². The van der Waals surface area contributed by atoms with Crippen LogP contribution in [0, 0.1) is 0 Å². The summed E-state index contributed by atoms with van der Waals surface area (Å²) in [6, 6.07) is 21.5. The molecule has 1 heterocycles. The van der Waals surface area contributed by atoms with Gasteiger partial charge >= 0.3 is 0 Å². The van der Waals surface area contributed by atoms with Crippen LogP contribution < -0.4 is 0 Å². The van der Waals surface area contributed by atoms with Crippen molar-refractivity contribution in [2.24, 2.45) is 0 Å². The number of aliphatic hydroxyl groups is 1. The van der Waals surface area contributed by atoms with Crippen LogP contribution in [0.1, 0.15) is 69.4 Å². The first-order valence-electron chi connectivity index (χ1n) is 12.3. The molecular weight excluding hydrogens is 380 g/mol. The second-order valence-electron chi connectivity index (χ2n) is 9.48. The minimum atomic E-state index is -0.464. The third-order valence-corrected chi connectivity index (χ3v) is 7.09. The Hall–Kier alpha value is -1.68. The van der Waals surface area contributed by atoms with E-state index in [4.69, 9.17) is 0 Å². The molecule has 0 radical (unpaired) electrons. The van der Waals surface area contributed by atoms with Crippen molar-refractivity contribution in [2.45, 2.75) is 70.4 Å². The second kappa shape index (κ2) is 12.4. The van der Waals surface area contributed by atoms with Crippen LogP contribution in [0.5, 0.6) is 0 Å². The van der Waals surface area contributed by atoms with Gasteiger partial charge in [-0.2, -0.15) is 0 Å². The van der Waals surface area contributed by atoms with Gasteiger partial charge in [0.1, 0.15) is 0 Å². The quantitative estimate of drug-likeness (QED) is 0.445. The summed E-state index contributed by atoms with van der Waals surface area (Å²) in [5, 5.41) is 11.1. The zero-order valence-electron chi connectivity index (χ0n) is 19.7. The maximum Gasteiger partial charge on any atom is 0.0672 e. The molecule has 1 saturated heterocycles. The molecule has 0 spiro atoms. The van der Waals surface area contributed by atoms with Crippen LogP contribution >= 0.6 is 0 Å². The van der Waals surface area contributed by atoms with Gasteiger partial charge in [0.2, 0.25) is 0 Å². The number of piperidine rings is 1. The molecule has 31 heavy (non-hydrogen) atoms. The summed E-state index contributed by atoms with van der Waals surface area (Å²) in [7, 11) is 0. The highest BCUT2D eigenvalue weighted by molar-refractivity contribution is 5.18. The van der Waals surface area contributed by atoms with Gasteiger partial charge in [-0.05, 0) is 75.2 Å². The second-order valence-corrected chi connectivity index (χ2v) is 9.48. The largest absolute Gasteiger partial charge is 0.390 e. The fourth-order valence-corrected chi connectivity index (χ4v) is 4.74. The van der Waals surface area contributed by atoms with Crippen LogP contribution in [0.3, 0.4) is 0 Å². The van der Waals surface area contributed by atoms with Gasteiger partial charge in [-0.1, -0.05) is 74.5 Å². The molecule has 170 valence electrons. The van der Waals surface area contributed by atoms with Crippen molar-refractivity contribution in [3.05, 3.63) is 71.8 Å². The molecule has 1 fully saturated rings. The van der Waals surface area contributed by atoms with Crippen LogP contribution in [0.2, 0.25) is 0 Å². The lowest BCUT2D eigenvalue weighted by Gasteiger charge is -2.39. The molecule has 2 aromatic rings. The summed E-state index contributed by atoms with van der Waals surface area (Å²) < 4.78 is 0. The van der Waals surface area contributed by atoms with E-state index in [9.17, 15) is 5.11 Å². The Labute approximate surface area is 190 Å². The Kier molecular flexibility index (Phi) is 9.57. The van der Waals surface area contributed by atoms with Crippen LogP contribution in [-0.4, -0.2) is 53.2 Å². The Morgan fingerprint density at radius 1 is 0.968 bits per heavy atom. The van der Waals surface area contributed by atoms with Gasteiger partial charge in [0.25, 0.3) is 0 Å². The van der Waals surface area contributed by atoms with E-state index in [1.807, 2.05) is 0 Å². The predicted octanol–water partition coefficient (Wildman–Crippen LogP) is 5.70. The zero-order valence-corrected chi connectivity index (χ0v) is 19.7. The number of unbranched alkanes of at least 4 members (excludes halogenated alkanes) is 1. The molecule has 2 aromatic carbocycles. The summed E-state index contributed by atoms with van der Waals surface area (Å²) >= 11 is 0. The van der Waals surface area contributed by atoms with Crippen molar-refractivity contribution in [3.63, 3.8) is 0 Å². The number of hydrogen-bond donors (Lipinski definition) is 1. The fourth-order valence-electron chi connectivity index (χ4n) is 4.74. The lowest BCUT2D eigenvalue weighted by atomic mass is 9.83. The van der Waals surface area contributed by atoms with Crippen molar-refractivity contribution >= 4 is 0 Å². The lowest BCUT2D eigenvalue weighted by Crippen LogP contribution is -2.44. The van der Waals surface area contributed by atoms with Gasteiger partial charge in [0.05, 0.1) is 5.60 Å². The van der Waals surface area contributed by atoms with Crippen LogP contribution in [0.4, 0.5) is 0 Å². The minimum absolute atomic E-state index is 0.464. The number of nitrogens with zero attached hydrogens (tertiary/aromatic N) is 2. The minimum Gasteiger partial charge on any atom is -0.390 e. The molecule has 0 amide bonds. The molecule has 1 aliphatic heterocycles. The fraction of sp³-hybridized carbons (Fsp3) is 0.571. The third kappa shape index (κ3) is 8.07. The molecule has 0 aromatic heterocycles. The van der Waals surface area contributed by atoms with E-state index in [0.29, 0.717) is 5.92 Å². The van der Waals surface area contributed by atoms with E-state index in [-0.39, 0.29) is 0 Å². The number of hydrogen-bond acceptors (Lipinski definition) is 3. The first-order valence-corrected chi connectivity index (χ1v) is 12.3. The lowest BCUT2D eigenvalue weighted by molar-refractivity contribution is -0.0301. The van der Waals surface area contributed by atoms with E-state index < -0.39 is 5.60 Å². The van der Waals surface area contributed by atoms with E-state index in [1.54, 1.807) is 0 Å². The first-order chi connectivity index (χ1) is 15.1. The van der Waals surface area contributed by atoms with E-state index in [2.05, 4.69) is 84.3 Å². The molecule has 1 N–H and O–H groups in total. The van der Waals surface area contributed by atoms with Crippen LogP contribution in [0.15, 0.2) is 60.7 Å². The molecule has 3 rings (SSSR count). The van der Waals surface area contributed by atoms with Crippen molar-refractivity contribution in [1.29, 1.82) is 0 Å². The number of benzene rings is 2. The van der Waals surface area contributed by atoms with Gasteiger partial charge in [0, 0.05) is 19.6 Å². The SMILES string of the molecule is CCN(CCCCN1CCC(O)(CCC(C)c2ccccc2)CC1)Cc1ccccc1. The van der Waals surface area contributed by atoms with Gasteiger partial charge in [-0.25, -0.2) is 0 Å². The predicted molar refractivity (Wildman–Crippen MR) is 131 cm³/mol. The van der Waals surface area contributed by atoms with Gasteiger partial charge in [-0.15, -0.1) is 0 Å². The Bertz CT molecular complexity index is 725. The van der Waals surface area contributed by atoms with Crippen molar-refractivity contribution < 1.29 is 5.11 Å². The van der Waals surface area contributed by atoms with E-state index in [1.165, 1.54) is 37.1 Å². The van der Waals surface area contributed by atoms with Crippen molar-refractivity contribution in [3.8, 4) is 0 Å². The monoisotopic (exact) mass is 422 g/mol.